The van der Waals surface area contributed by atoms with E-state index < -0.39 is 0 Å². The Labute approximate surface area is 140 Å². The minimum atomic E-state index is -0.147. The molecule has 5 heteroatoms. The van der Waals surface area contributed by atoms with E-state index in [1.807, 2.05) is 24.1 Å². The first-order valence-corrected chi connectivity index (χ1v) is 7.70. The number of anilines is 1. The number of likely N-dealkylation sites (N-methyl/N-ethyl adjacent to an activating group) is 1. The van der Waals surface area contributed by atoms with E-state index in [9.17, 15) is 4.79 Å². The fraction of sp³-hybridized carbons (Fsp3) is 0.235. The number of nitrogens with zero attached hydrogens (tertiary/aromatic N) is 1. The molecule has 0 aliphatic heterocycles. The number of amides is 1. The fourth-order valence-electron chi connectivity index (χ4n) is 2.18. The average molecular weight is 337 g/mol. The van der Waals surface area contributed by atoms with Gasteiger partial charge in [0.2, 0.25) is 5.91 Å². The lowest BCUT2D eigenvalue weighted by Gasteiger charge is -2.18. The summed E-state index contributed by atoms with van der Waals surface area (Å²) >= 11 is 12.1. The summed E-state index contributed by atoms with van der Waals surface area (Å²) in [5.74, 6) is -0.147. The van der Waals surface area contributed by atoms with Crippen LogP contribution in [0.25, 0.3) is 0 Å². The highest BCUT2D eigenvalue weighted by molar-refractivity contribution is 6.39. The number of para-hydroxylation sites is 1. The lowest BCUT2D eigenvalue weighted by atomic mass is 10.1. The van der Waals surface area contributed by atoms with E-state index in [0.29, 0.717) is 22.3 Å². The lowest BCUT2D eigenvalue weighted by molar-refractivity contribution is -0.117. The molecular weight excluding hydrogens is 319 g/mol. The largest absolute Gasteiger partial charge is 0.322 e. The normalized spacial score (nSPS) is 10.8. The minimum absolute atomic E-state index is 0.147. The second kappa shape index (κ2) is 7.63. The van der Waals surface area contributed by atoms with Gasteiger partial charge in [-0.1, -0.05) is 53.5 Å². The zero-order valence-electron chi connectivity index (χ0n) is 12.6. The van der Waals surface area contributed by atoms with Crippen LogP contribution in [-0.4, -0.2) is 24.4 Å². The maximum Gasteiger partial charge on any atom is 0.238 e. The zero-order valence-corrected chi connectivity index (χ0v) is 14.1. The third kappa shape index (κ3) is 4.47. The van der Waals surface area contributed by atoms with Crippen molar-refractivity contribution < 1.29 is 4.79 Å². The van der Waals surface area contributed by atoms with Gasteiger partial charge in [-0.2, -0.15) is 0 Å². The Morgan fingerprint density at radius 2 is 1.73 bits per heavy atom. The summed E-state index contributed by atoms with van der Waals surface area (Å²) in [4.78, 5) is 14.1. The van der Waals surface area contributed by atoms with Gasteiger partial charge in [0.25, 0.3) is 0 Å². The number of hydrogen-bond donors (Lipinski definition) is 1. The highest BCUT2D eigenvalue weighted by atomic mass is 35.5. The van der Waals surface area contributed by atoms with Crippen molar-refractivity contribution >= 4 is 34.8 Å². The van der Waals surface area contributed by atoms with E-state index >= 15 is 0 Å². The van der Waals surface area contributed by atoms with E-state index in [-0.39, 0.29) is 12.5 Å². The van der Waals surface area contributed by atoms with Crippen molar-refractivity contribution in [3.63, 3.8) is 0 Å². The quantitative estimate of drug-likeness (QED) is 0.879. The molecule has 116 valence electrons. The first-order valence-electron chi connectivity index (χ1n) is 6.94. The Hall–Kier alpha value is -1.55. The van der Waals surface area contributed by atoms with Gasteiger partial charge in [0.15, 0.2) is 0 Å². The molecule has 0 atom stereocenters. The molecule has 0 aliphatic rings. The molecule has 0 heterocycles. The van der Waals surface area contributed by atoms with Crippen LogP contribution in [0, 0.1) is 6.92 Å². The Kier molecular flexibility index (Phi) is 5.83. The standard InChI is InChI=1S/C17H18Cl2N2O/c1-12-6-3-4-7-13(12)10-21(2)11-16(22)20-17-14(18)8-5-9-15(17)19/h3-9H,10-11H2,1-2H3,(H,20,22). The first-order chi connectivity index (χ1) is 10.5. The fourth-order valence-corrected chi connectivity index (χ4v) is 2.67. The number of benzene rings is 2. The van der Waals surface area contributed by atoms with Crippen molar-refractivity contribution in [3.05, 3.63) is 63.6 Å². The molecular formula is C17H18Cl2N2O. The highest BCUT2D eigenvalue weighted by Gasteiger charge is 2.12. The molecule has 2 aromatic carbocycles. The van der Waals surface area contributed by atoms with Crippen LogP contribution < -0.4 is 5.32 Å². The molecule has 0 saturated heterocycles. The molecule has 0 saturated carbocycles. The van der Waals surface area contributed by atoms with Crippen LogP contribution in [0.1, 0.15) is 11.1 Å². The van der Waals surface area contributed by atoms with E-state index in [2.05, 4.69) is 24.4 Å². The third-order valence-corrected chi connectivity index (χ3v) is 3.97. The SMILES string of the molecule is Cc1ccccc1CN(C)CC(=O)Nc1c(Cl)cccc1Cl. The summed E-state index contributed by atoms with van der Waals surface area (Å²) in [7, 11) is 1.90. The van der Waals surface area contributed by atoms with Crippen LogP contribution in [0.5, 0.6) is 0 Å². The lowest BCUT2D eigenvalue weighted by Crippen LogP contribution is -2.30. The number of halogens is 2. The topological polar surface area (TPSA) is 32.3 Å². The highest BCUT2D eigenvalue weighted by Crippen LogP contribution is 2.29. The number of nitrogens with one attached hydrogen (secondary N) is 1. The van der Waals surface area contributed by atoms with Crippen LogP contribution in [0.4, 0.5) is 5.69 Å². The predicted molar refractivity (Wildman–Crippen MR) is 92.6 cm³/mol. The Bertz CT molecular complexity index is 653. The van der Waals surface area contributed by atoms with Crippen molar-refractivity contribution in [1.82, 2.24) is 4.90 Å². The summed E-state index contributed by atoms with van der Waals surface area (Å²) in [6.07, 6.45) is 0. The zero-order chi connectivity index (χ0) is 16.1. The Morgan fingerprint density at radius 1 is 1.09 bits per heavy atom. The number of hydrogen-bond acceptors (Lipinski definition) is 2. The molecule has 22 heavy (non-hydrogen) atoms. The molecule has 1 amide bonds. The van der Waals surface area contributed by atoms with E-state index in [1.165, 1.54) is 11.1 Å². The van der Waals surface area contributed by atoms with Crippen molar-refractivity contribution in [3.8, 4) is 0 Å². The smallest absolute Gasteiger partial charge is 0.238 e. The van der Waals surface area contributed by atoms with Crippen molar-refractivity contribution in [2.45, 2.75) is 13.5 Å². The number of carbonyl (C=O) groups excluding carboxylic acids is 1. The van der Waals surface area contributed by atoms with Gasteiger partial charge in [-0.05, 0) is 37.2 Å². The average Bonchev–Trinajstić information content (AvgIpc) is 2.45. The van der Waals surface area contributed by atoms with E-state index in [4.69, 9.17) is 23.2 Å². The monoisotopic (exact) mass is 336 g/mol. The number of aryl methyl sites for hydroxylation is 1. The molecule has 2 rings (SSSR count). The summed E-state index contributed by atoms with van der Waals surface area (Å²) in [5.41, 5.74) is 2.87. The molecule has 1 N–H and O–H groups in total. The Balaban J connectivity index is 1.96. The van der Waals surface area contributed by atoms with Crippen molar-refractivity contribution in [2.24, 2.45) is 0 Å². The van der Waals surface area contributed by atoms with Crippen molar-refractivity contribution in [1.29, 1.82) is 0 Å². The van der Waals surface area contributed by atoms with Gasteiger partial charge in [0.05, 0.1) is 22.3 Å². The molecule has 0 spiro atoms. The molecule has 0 aromatic heterocycles. The maximum atomic E-state index is 12.1. The van der Waals surface area contributed by atoms with Gasteiger partial charge in [0.1, 0.15) is 0 Å². The van der Waals surface area contributed by atoms with Gasteiger partial charge in [0, 0.05) is 6.54 Å². The Morgan fingerprint density at radius 3 is 2.36 bits per heavy atom. The van der Waals surface area contributed by atoms with Gasteiger partial charge in [-0.3, -0.25) is 9.69 Å². The molecule has 0 bridgehead atoms. The summed E-state index contributed by atoms with van der Waals surface area (Å²) in [5, 5.41) is 3.63. The van der Waals surface area contributed by atoms with Crippen LogP contribution in [-0.2, 0) is 11.3 Å². The van der Waals surface area contributed by atoms with E-state index in [1.54, 1.807) is 18.2 Å². The molecule has 0 aliphatic carbocycles. The van der Waals surface area contributed by atoms with Gasteiger partial charge >= 0.3 is 0 Å². The maximum absolute atomic E-state index is 12.1. The van der Waals surface area contributed by atoms with Gasteiger partial charge < -0.3 is 5.32 Å². The summed E-state index contributed by atoms with van der Waals surface area (Å²) < 4.78 is 0. The van der Waals surface area contributed by atoms with Crippen LogP contribution in [0.3, 0.4) is 0 Å². The first kappa shape index (κ1) is 16.8. The number of carbonyl (C=O) groups is 1. The second-order valence-electron chi connectivity index (χ2n) is 5.24. The van der Waals surface area contributed by atoms with Crippen LogP contribution >= 0.6 is 23.2 Å². The van der Waals surface area contributed by atoms with E-state index in [0.717, 1.165) is 0 Å². The third-order valence-electron chi connectivity index (χ3n) is 3.34. The van der Waals surface area contributed by atoms with Gasteiger partial charge in [-0.25, -0.2) is 0 Å². The molecule has 3 nitrogen and oxygen atoms in total. The molecule has 0 radical (unpaired) electrons. The summed E-state index contributed by atoms with van der Waals surface area (Å²) in [6.45, 7) is 3.03. The molecule has 0 fully saturated rings. The number of rotatable bonds is 5. The molecule has 2 aromatic rings. The summed E-state index contributed by atoms with van der Waals surface area (Å²) in [6, 6.07) is 13.3. The predicted octanol–water partition coefficient (Wildman–Crippen LogP) is 4.37. The van der Waals surface area contributed by atoms with Crippen molar-refractivity contribution in [2.75, 3.05) is 18.9 Å². The van der Waals surface area contributed by atoms with Gasteiger partial charge in [-0.15, -0.1) is 0 Å². The second-order valence-corrected chi connectivity index (χ2v) is 6.06. The van der Waals surface area contributed by atoms with Crippen LogP contribution in [0.2, 0.25) is 10.0 Å². The van der Waals surface area contributed by atoms with Crippen LogP contribution in [0.15, 0.2) is 42.5 Å². The minimum Gasteiger partial charge on any atom is -0.322 e. The molecule has 0 unspecified atom stereocenters.